The Hall–Kier alpha value is -1.47. The fraction of sp³-hybridized carbons (Fsp3) is 0.0769. The predicted molar refractivity (Wildman–Crippen MR) is 62.4 cm³/mol. The second kappa shape index (κ2) is 4.37. The number of rotatable bonds is 2. The first kappa shape index (κ1) is 10.1. The Balaban J connectivity index is 2.26. The van der Waals surface area contributed by atoms with E-state index in [1.54, 1.807) is 6.07 Å². The smallest absolute Gasteiger partial charge is 0.119 e. The molecule has 0 saturated carbocycles. The quantitative estimate of drug-likeness (QED) is 0.816. The third-order valence-corrected chi connectivity index (χ3v) is 2.51. The van der Waals surface area contributed by atoms with E-state index in [1.807, 2.05) is 42.5 Å². The highest BCUT2D eigenvalue weighted by molar-refractivity contribution is 6.30. The Morgan fingerprint density at radius 2 is 1.80 bits per heavy atom. The van der Waals surface area contributed by atoms with E-state index in [0.29, 0.717) is 12.2 Å². The number of phenols is 1. The van der Waals surface area contributed by atoms with Gasteiger partial charge in [-0.15, -0.1) is 0 Å². The van der Waals surface area contributed by atoms with E-state index >= 15 is 0 Å². The molecule has 0 bridgehead atoms. The van der Waals surface area contributed by atoms with Gasteiger partial charge in [0.2, 0.25) is 0 Å². The van der Waals surface area contributed by atoms with Crippen LogP contribution in [-0.2, 0) is 6.42 Å². The van der Waals surface area contributed by atoms with Crippen molar-refractivity contribution >= 4 is 11.6 Å². The average molecular weight is 219 g/mol. The first-order valence-electron chi connectivity index (χ1n) is 4.77. The molecule has 2 rings (SSSR count). The molecule has 0 aromatic heterocycles. The van der Waals surface area contributed by atoms with Gasteiger partial charge in [0.25, 0.3) is 0 Å². The summed E-state index contributed by atoms with van der Waals surface area (Å²) in [5.41, 5.74) is 2.02. The van der Waals surface area contributed by atoms with Crippen molar-refractivity contribution in [2.24, 2.45) is 0 Å². The summed E-state index contributed by atoms with van der Waals surface area (Å²) in [6.45, 7) is 0. The summed E-state index contributed by atoms with van der Waals surface area (Å²) in [5, 5.41) is 10.3. The molecule has 0 amide bonds. The SMILES string of the molecule is Oc1ccccc1Cc1cccc(Cl)c1. The van der Waals surface area contributed by atoms with Crippen molar-refractivity contribution in [1.29, 1.82) is 0 Å². The minimum absolute atomic E-state index is 0.331. The zero-order chi connectivity index (χ0) is 10.7. The first-order valence-corrected chi connectivity index (χ1v) is 5.15. The lowest BCUT2D eigenvalue weighted by molar-refractivity contribution is 0.469. The molecule has 0 heterocycles. The topological polar surface area (TPSA) is 20.2 Å². The maximum absolute atomic E-state index is 9.61. The van der Waals surface area contributed by atoms with Gasteiger partial charge in [0, 0.05) is 11.4 Å². The normalized spacial score (nSPS) is 10.2. The van der Waals surface area contributed by atoms with Crippen LogP contribution in [0.25, 0.3) is 0 Å². The number of aromatic hydroxyl groups is 1. The first-order chi connectivity index (χ1) is 7.25. The fourth-order valence-corrected chi connectivity index (χ4v) is 1.74. The molecule has 0 aliphatic heterocycles. The number of hydrogen-bond acceptors (Lipinski definition) is 1. The van der Waals surface area contributed by atoms with Crippen LogP contribution in [0.1, 0.15) is 11.1 Å². The molecule has 0 spiro atoms. The lowest BCUT2D eigenvalue weighted by atomic mass is 10.0. The molecule has 0 fully saturated rings. The van der Waals surface area contributed by atoms with Crippen molar-refractivity contribution in [2.75, 3.05) is 0 Å². The van der Waals surface area contributed by atoms with Crippen LogP contribution >= 0.6 is 11.6 Å². The fourth-order valence-electron chi connectivity index (χ4n) is 1.53. The van der Waals surface area contributed by atoms with Gasteiger partial charge in [-0.05, 0) is 29.3 Å². The van der Waals surface area contributed by atoms with Gasteiger partial charge in [-0.2, -0.15) is 0 Å². The van der Waals surface area contributed by atoms with Crippen LogP contribution < -0.4 is 0 Å². The molecule has 0 radical (unpaired) electrons. The largest absolute Gasteiger partial charge is 0.508 e. The third kappa shape index (κ3) is 2.51. The van der Waals surface area contributed by atoms with Gasteiger partial charge >= 0.3 is 0 Å². The van der Waals surface area contributed by atoms with E-state index in [-0.39, 0.29) is 0 Å². The van der Waals surface area contributed by atoms with Crippen molar-refractivity contribution in [3.63, 3.8) is 0 Å². The Morgan fingerprint density at radius 3 is 2.53 bits per heavy atom. The number of benzene rings is 2. The highest BCUT2D eigenvalue weighted by Crippen LogP contribution is 2.21. The van der Waals surface area contributed by atoms with E-state index in [9.17, 15) is 5.11 Å². The summed E-state index contributed by atoms with van der Waals surface area (Å²) < 4.78 is 0. The minimum Gasteiger partial charge on any atom is -0.508 e. The van der Waals surface area contributed by atoms with E-state index in [2.05, 4.69) is 0 Å². The lowest BCUT2D eigenvalue weighted by Crippen LogP contribution is -1.88. The van der Waals surface area contributed by atoms with E-state index in [4.69, 9.17) is 11.6 Å². The zero-order valence-corrected chi connectivity index (χ0v) is 8.91. The van der Waals surface area contributed by atoms with Crippen LogP contribution in [0.4, 0.5) is 0 Å². The molecule has 0 saturated heterocycles. The zero-order valence-electron chi connectivity index (χ0n) is 8.15. The molecule has 15 heavy (non-hydrogen) atoms. The Labute approximate surface area is 94.0 Å². The Morgan fingerprint density at radius 1 is 1.00 bits per heavy atom. The third-order valence-electron chi connectivity index (χ3n) is 2.28. The number of halogens is 1. The van der Waals surface area contributed by atoms with Crippen LogP contribution in [0, 0.1) is 0 Å². The molecule has 76 valence electrons. The monoisotopic (exact) mass is 218 g/mol. The van der Waals surface area contributed by atoms with Gasteiger partial charge in [-0.1, -0.05) is 41.9 Å². The van der Waals surface area contributed by atoms with Gasteiger partial charge in [-0.3, -0.25) is 0 Å². The summed E-state index contributed by atoms with van der Waals surface area (Å²) in [6.07, 6.45) is 0.702. The molecule has 1 nitrogen and oxygen atoms in total. The maximum atomic E-state index is 9.61. The predicted octanol–water partition coefficient (Wildman–Crippen LogP) is 3.64. The standard InChI is InChI=1S/C13H11ClO/c14-12-6-3-4-10(9-12)8-11-5-1-2-7-13(11)15/h1-7,9,15H,8H2. The van der Waals surface area contributed by atoms with Gasteiger partial charge < -0.3 is 5.11 Å². The summed E-state index contributed by atoms with van der Waals surface area (Å²) in [7, 11) is 0. The van der Waals surface area contributed by atoms with Gasteiger partial charge in [0.05, 0.1) is 0 Å². The van der Waals surface area contributed by atoms with Crippen LogP contribution in [-0.4, -0.2) is 5.11 Å². The second-order valence-electron chi connectivity index (χ2n) is 3.44. The number of phenolic OH excluding ortho intramolecular Hbond substituents is 1. The number of para-hydroxylation sites is 1. The van der Waals surface area contributed by atoms with Crippen LogP contribution in [0.15, 0.2) is 48.5 Å². The van der Waals surface area contributed by atoms with E-state index in [1.165, 1.54) is 0 Å². The van der Waals surface area contributed by atoms with E-state index in [0.717, 1.165) is 16.1 Å². The molecular formula is C13H11ClO. The minimum atomic E-state index is 0.331. The Kier molecular flexibility index (Phi) is 2.93. The summed E-state index contributed by atoms with van der Waals surface area (Å²) in [5.74, 6) is 0.331. The molecule has 2 aromatic carbocycles. The molecule has 0 atom stereocenters. The van der Waals surface area contributed by atoms with Gasteiger partial charge in [-0.25, -0.2) is 0 Å². The molecule has 2 heteroatoms. The molecule has 1 N–H and O–H groups in total. The van der Waals surface area contributed by atoms with Crippen LogP contribution in [0.3, 0.4) is 0 Å². The van der Waals surface area contributed by atoms with Crippen molar-refractivity contribution in [3.8, 4) is 5.75 Å². The second-order valence-corrected chi connectivity index (χ2v) is 3.87. The number of hydrogen-bond donors (Lipinski definition) is 1. The summed E-state index contributed by atoms with van der Waals surface area (Å²) in [6, 6.07) is 15.0. The average Bonchev–Trinajstić information content (AvgIpc) is 2.22. The van der Waals surface area contributed by atoms with Crippen molar-refractivity contribution in [1.82, 2.24) is 0 Å². The summed E-state index contributed by atoms with van der Waals surface area (Å²) >= 11 is 5.89. The van der Waals surface area contributed by atoms with Crippen molar-refractivity contribution < 1.29 is 5.11 Å². The molecule has 0 aliphatic rings. The molecular weight excluding hydrogens is 208 g/mol. The lowest BCUT2D eigenvalue weighted by Gasteiger charge is -2.04. The maximum Gasteiger partial charge on any atom is 0.119 e. The van der Waals surface area contributed by atoms with Crippen LogP contribution in [0.5, 0.6) is 5.75 Å². The highest BCUT2D eigenvalue weighted by atomic mass is 35.5. The van der Waals surface area contributed by atoms with Gasteiger partial charge in [0.1, 0.15) is 5.75 Å². The van der Waals surface area contributed by atoms with Crippen molar-refractivity contribution in [3.05, 3.63) is 64.7 Å². The molecule has 0 unspecified atom stereocenters. The summed E-state index contributed by atoms with van der Waals surface area (Å²) in [4.78, 5) is 0. The van der Waals surface area contributed by atoms with Crippen molar-refractivity contribution in [2.45, 2.75) is 6.42 Å². The molecule has 0 aliphatic carbocycles. The highest BCUT2D eigenvalue weighted by Gasteiger charge is 2.01. The van der Waals surface area contributed by atoms with Gasteiger partial charge in [0.15, 0.2) is 0 Å². The molecule has 2 aromatic rings. The van der Waals surface area contributed by atoms with Crippen LogP contribution in [0.2, 0.25) is 5.02 Å². The van der Waals surface area contributed by atoms with E-state index < -0.39 is 0 Å². The Bertz CT molecular complexity index is 466.